The summed E-state index contributed by atoms with van der Waals surface area (Å²) in [7, 11) is 0. The topological polar surface area (TPSA) is 74.8 Å². The lowest BCUT2D eigenvalue weighted by molar-refractivity contribution is -0.695. The van der Waals surface area contributed by atoms with Gasteiger partial charge in [0.2, 0.25) is 5.91 Å². The summed E-state index contributed by atoms with van der Waals surface area (Å²) < 4.78 is 0. The van der Waals surface area contributed by atoms with Crippen LogP contribution < -0.4 is 16.0 Å². The monoisotopic (exact) mass is 384 g/mol. The fourth-order valence-corrected chi connectivity index (χ4v) is 5.14. The Kier molecular flexibility index (Phi) is 6.30. The lowest BCUT2D eigenvalue weighted by Crippen LogP contribution is -2.93. The van der Waals surface area contributed by atoms with E-state index in [0.29, 0.717) is 12.0 Å². The van der Waals surface area contributed by atoms with Gasteiger partial charge in [-0.3, -0.25) is 9.59 Å². The van der Waals surface area contributed by atoms with E-state index in [0.717, 1.165) is 58.0 Å². The van der Waals surface area contributed by atoms with Gasteiger partial charge in [-0.2, -0.15) is 0 Å². The van der Waals surface area contributed by atoms with Crippen LogP contribution >= 0.6 is 0 Å². The third-order valence-corrected chi connectivity index (χ3v) is 7.00. The van der Waals surface area contributed by atoms with Crippen LogP contribution in [0.1, 0.15) is 62.5 Å². The molecule has 1 atom stereocenters. The quantitative estimate of drug-likeness (QED) is 0.722. The Hall–Kier alpha value is -1.88. The smallest absolute Gasteiger partial charge is 0.278 e. The molecule has 2 fully saturated rings. The summed E-state index contributed by atoms with van der Waals surface area (Å²) in [5.41, 5.74) is 2.65. The molecule has 0 bridgehead atoms. The van der Waals surface area contributed by atoms with E-state index in [1.807, 2.05) is 0 Å². The molecule has 28 heavy (non-hydrogen) atoms. The maximum Gasteiger partial charge on any atom is 0.278 e. The van der Waals surface area contributed by atoms with Crippen molar-refractivity contribution < 1.29 is 14.9 Å². The minimum absolute atomic E-state index is 0.0107. The number of quaternary nitrogens is 1. The van der Waals surface area contributed by atoms with Crippen molar-refractivity contribution in [3.8, 4) is 0 Å². The highest BCUT2D eigenvalue weighted by Gasteiger charge is 2.30. The zero-order chi connectivity index (χ0) is 19.3. The van der Waals surface area contributed by atoms with Crippen molar-refractivity contribution in [1.82, 2.24) is 10.6 Å². The molecule has 5 heteroatoms. The lowest BCUT2D eigenvalue weighted by Gasteiger charge is -2.29. The fraction of sp³-hybridized carbons (Fsp3) is 0.652. The van der Waals surface area contributed by atoms with Gasteiger partial charge < -0.3 is 16.0 Å². The first-order chi connectivity index (χ1) is 13.7. The molecule has 4 N–H and O–H groups in total. The van der Waals surface area contributed by atoms with Crippen molar-refractivity contribution in [2.75, 3.05) is 6.54 Å². The van der Waals surface area contributed by atoms with Crippen LogP contribution in [0.4, 0.5) is 0 Å². The van der Waals surface area contributed by atoms with Crippen LogP contribution in [0.25, 0.3) is 0 Å². The summed E-state index contributed by atoms with van der Waals surface area (Å²) in [4.78, 5) is 25.1. The van der Waals surface area contributed by atoms with E-state index < -0.39 is 0 Å². The van der Waals surface area contributed by atoms with E-state index in [9.17, 15) is 9.59 Å². The molecule has 0 radical (unpaired) electrons. The second-order valence-corrected chi connectivity index (χ2v) is 8.97. The average molecular weight is 385 g/mol. The number of carbonyl (C=O) groups excluding carboxylic acids is 2. The largest absolute Gasteiger partial charge is 0.353 e. The molecule has 0 spiro atoms. The Morgan fingerprint density at radius 3 is 2.39 bits per heavy atom. The summed E-state index contributed by atoms with van der Waals surface area (Å²) in [5.74, 6) is 1.12. The molecule has 0 aromatic heterocycles. The second kappa shape index (κ2) is 9.08. The Bertz CT molecular complexity index is 691. The molecule has 0 saturated heterocycles. The minimum Gasteiger partial charge on any atom is -0.353 e. The van der Waals surface area contributed by atoms with Crippen LogP contribution in [0.2, 0.25) is 0 Å². The van der Waals surface area contributed by atoms with Gasteiger partial charge in [0, 0.05) is 30.5 Å². The SMILES string of the molecule is O=C(NC1CCCC1)C1CCC(CNC(=O)[C@@H]2Cc3ccccc3C[NH2+]2)CC1. The van der Waals surface area contributed by atoms with Crippen molar-refractivity contribution in [2.45, 2.75) is 76.4 Å². The molecule has 152 valence electrons. The predicted molar refractivity (Wildman–Crippen MR) is 108 cm³/mol. The molecule has 0 unspecified atom stereocenters. The van der Waals surface area contributed by atoms with Crippen LogP contribution in [0.5, 0.6) is 0 Å². The Morgan fingerprint density at radius 1 is 0.929 bits per heavy atom. The molecular formula is C23H34N3O2+. The number of nitrogens with one attached hydrogen (secondary N) is 2. The minimum atomic E-state index is -0.0107. The van der Waals surface area contributed by atoms with Crippen LogP contribution in [-0.2, 0) is 22.6 Å². The molecule has 2 aliphatic carbocycles. The van der Waals surface area contributed by atoms with E-state index in [4.69, 9.17) is 0 Å². The Balaban J connectivity index is 1.17. The van der Waals surface area contributed by atoms with Gasteiger partial charge in [0.25, 0.3) is 5.91 Å². The average Bonchev–Trinajstić information content (AvgIpc) is 3.25. The summed E-state index contributed by atoms with van der Waals surface area (Å²) >= 11 is 0. The van der Waals surface area contributed by atoms with Gasteiger partial charge in [0.1, 0.15) is 6.54 Å². The first kappa shape index (κ1) is 19.4. The van der Waals surface area contributed by atoms with E-state index in [1.165, 1.54) is 24.0 Å². The van der Waals surface area contributed by atoms with Gasteiger partial charge in [-0.05, 0) is 50.0 Å². The van der Waals surface area contributed by atoms with Gasteiger partial charge >= 0.3 is 0 Å². The van der Waals surface area contributed by atoms with Crippen LogP contribution in [-0.4, -0.2) is 30.4 Å². The Labute approximate surface area is 168 Å². The summed E-state index contributed by atoms with van der Waals surface area (Å²) in [6.45, 7) is 1.64. The summed E-state index contributed by atoms with van der Waals surface area (Å²) in [6, 6.07) is 8.82. The second-order valence-electron chi connectivity index (χ2n) is 8.97. The lowest BCUT2D eigenvalue weighted by atomic mass is 9.81. The van der Waals surface area contributed by atoms with E-state index in [1.54, 1.807) is 0 Å². The molecule has 1 aliphatic heterocycles. The van der Waals surface area contributed by atoms with Crippen molar-refractivity contribution in [3.63, 3.8) is 0 Å². The van der Waals surface area contributed by atoms with Gasteiger partial charge in [-0.25, -0.2) is 0 Å². The highest BCUT2D eigenvalue weighted by Crippen LogP contribution is 2.29. The van der Waals surface area contributed by atoms with Crippen LogP contribution in [0.15, 0.2) is 24.3 Å². The number of benzene rings is 1. The molecular weight excluding hydrogens is 350 g/mol. The molecule has 2 saturated carbocycles. The van der Waals surface area contributed by atoms with E-state index in [-0.39, 0.29) is 23.8 Å². The summed E-state index contributed by atoms with van der Waals surface area (Å²) in [5, 5.41) is 8.59. The first-order valence-electron chi connectivity index (χ1n) is 11.2. The molecule has 1 aromatic rings. The number of nitrogens with two attached hydrogens (primary N) is 1. The van der Waals surface area contributed by atoms with Gasteiger partial charge in [0.05, 0.1) is 0 Å². The van der Waals surface area contributed by atoms with E-state index in [2.05, 4.69) is 40.2 Å². The maximum absolute atomic E-state index is 12.6. The molecule has 2 amide bonds. The molecule has 4 rings (SSSR count). The predicted octanol–water partition coefficient (Wildman–Crippen LogP) is 1.66. The highest BCUT2D eigenvalue weighted by atomic mass is 16.2. The molecule has 3 aliphatic rings. The van der Waals surface area contributed by atoms with Gasteiger partial charge in [0.15, 0.2) is 6.04 Å². The molecule has 1 heterocycles. The molecule has 5 nitrogen and oxygen atoms in total. The molecule has 1 aromatic carbocycles. The Morgan fingerprint density at radius 2 is 1.64 bits per heavy atom. The number of amides is 2. The first-order valence-corrected chi connectivity index (χ1v) is 11.2. The maximum atomic E-state index is 12.6. The number of hydrogen-bond acceptors (Lipinski definition) is 2. The van der Waals surface area contributed by atoms with Crippen molar-refractivity contribution >= 4 is 11.8 Å². The van der Waals surface area contributed by atoms with Crippen molar-refractivity contribution in [2.24, 2.45) is 11.8 Å². The summed E-state index contributed by atoms with van der Waals surface area (Å²) in [6.07, 6.45) is 9.62. The van der Waals surface area contributed by atoms with Crippen LogP contribution in [0, 0.1) is 11.8 Å². The zero-order valence-electron chi connectivity index (χ0n) is 16.8. The van der Waals surface area contributed by atoms with Crippen molar-refractivity contribution in [1.29, 1.82) is 0 Å². The van der Waals surface area contributed by atoms with Gasteiger partial charge in [-0.1, -0.05) is 37.1 Å². The zero-order valence-corrected chi connectivity index (χ0v) is 16.8. The standard InChI is InChI=1S/C23H33N3O2/c27-22(26-20-7-3-4-8-20)17-11-9-16(10-12-17)14-25-23(28)21-13-18-5-1-2-6-19(18)15-24-21/h1-2,5-6,16-17,20-21,24H,3-4,7-15H2,(H,25,28)(H,26,27)/p+1/t16?,17?,21-/m0/s1. The highest BCUT2D eigenvalue weighted by molar-refractivity contribution is 5.81. The van der Waals surface area contributed by atoms with Gasteiger partial charge in [-0.15, -0.1) is 0 Å². The normalized spacial score (nSPS) is 27.8. The number of fused-ring (bicyclic) bond motifs is 1. The number of carbonyl (C=O) groups is 2. The number of hydrogen-bond donors (Lipinski definition) is 3. The third kappa shape index (κ3) is 4.75. The van der Waals surface area contributed by atoms with E-state index >= 15 is 0 Å². The van der Waals surface area contributed by atoms with Crippen LogP contribution in [0.3, 0.4) is 0 Å². The third-order valence-electron chi connectivity index (χ3n) is 7.00. The fourth-order valence-electron chi connectivity index (χ4n) is 5.14. The number of rotatable bonds is 5. The van der Waals surface area contributed by atoms with Crippen molar-refractivity contribution in [3.05, 3.63) is 35.4 Å².